The van der Waals surface area contributed by atoms with E-state index in [2.05, 4.69) is 10.2 Å². The molecule has 172 valence electrons. The summed E-state index contributed by atoms with van der Waals surface area (Å²) >= 11 is 1.40. The van der Waals surface area contributed by atoms with Crippen LogP contribution in [0.1, 0.15) is 36.8 Å². The molecule has 2 fully saturated rings. The lowest BCUT2D eigenvalue weighted by Crippen LogP contribution is -2.75. The highest BCUT2D eigenvalue weighted by molar-refractivity contribution is 7.14. The summed E-state index contributed by atoms with van der Waals surface area (Å²) in [5, 5.41) is 39.9. The molecular formula is C25H26N2O5S. The average molecular weight is 467 g/mol. The van der Waals surface area contributed by atoms with Gasteiger partial charge in [-0.15, -0.1) is 11.3 Å². The second kappa shape index (κ2) is 6.52. The lowest BCUT2D eigenvalue weighted by molar-refractivity contribution is -0.172. The molecule has 5 aliphatic rings. The molecular weight excluding hydrogens is 440 g/mol. The van der Waals surface area contributed by atoms with Gasteiger partial charge in [0.2, 0.25) is 0 Å². The largest absolute Gasteiger partial charge is 0.508 e. The highest BCUT2D eigenvalue weighted by Gasteiger charge is 2.73. The molecule has 8 heteroatoms. The number of likely N-dealkylation sites (tertiary alicyclic amines) is 1. The van der Waals surface area contributed by atoms with Crippen LogP contribution in [-0.4, -0.2) is 57.0 Å². The van der Waals surface area contributed by atoms with Crippen LogP contribution in [0.5, 0.6) is 11.5 Å². The SMILES string of the molecule is O=C(Nc1cccs1)C1=C(O)[C@@H]2Oc3c(O)ccc4c3[C@@]23CCN(CC2CC2)[C@H](C4)[C@]3(O)C1. The zero-order valence-corrected chi connectivity index (χ0v) is 18.9. The molecule has 3 aliphatic carbocycles. The maximum absolute atomic E-state index is 13.3. The fourth-order valence-electron chi connectivity index (χ4n) is 6.91. The Morgan fingerprint density at radius 2 is 2.12 bits per heavy atom. The van der Waals surface area contributed by atoms with Gasteiger partial charge in [-0.1, -0.05) is 6.07 Å². The predicted molar refractivity (Wildman–Crippen MR) is 123 cm³/mol. The Morgan fingerprint density at radius 1 is 1.27 bits per heavy atom. The molecule has 1 aromatic heterocycles. The van der Waals surface area contributed by atoms with Gasteiger partial charge in [0, 0.05) is 24.6 Å². The Kier molecular flexibility index (Phi) is 3.93. The first-order valence-electron chi connectivity index (χ1n) is 11.7. The maximum Gasteiger partial charge on any atom is 0.255 e. The van der Waals surface area contributed by atoms with Crippen molar-refractivity contribution in [2.45, 2.75) is 55.3 Å². The zero-order valence-electron chi connectivity index (χ0n) is 18.1. The molecule has 0 unspecified atom stereocenters. The number of phenolic OH excluding ortho intramolecular Hbond substituents is 1. The van der Waals surface area contributed by atoms with E-state index in [4.69, 9.17) is 4.74 Å². The van der Waals surface area contributed by atoms with Gasteiger partial charge in [-0.05, 0) is 67.3 Å². The molecule has 33 heavy (non-hydrogen) atoms. The summed E-state index contributed by atoms with van der Waals surface area (Å²) < 4.78 is 6.22. The lowest BCUT2D eigenvalue weighted by Gasteiger charge is -2.62. The third kappa shape index (κ3) is 2.49. The molecule has 2 aromatic rings. The predicted octanol–water partition coefficient (Wildman–Crippen LogP) is 3.08. The van der Waals surface area contributed by atoms with Gasteiger partial charge in [-0.3, -0.25) is 9.69 Å². The van der Waals surface area contributed by atoms with Crippen LogP contribution in [0.2, 0.25) is 0 Å². The summed E-state index contributed by atoms with van der Waals surface area (Å²) in [6, 6.07) is 7.03. The molecule has 2 bridgehead atoms. The highest BCUT2D eigenvalue weighted by atomic mass is 32.1. The number of ether oxygens (including phenoxy) is 1. The van der Waals surface area contributed by atoms with E-state index < -0.39 is 23.0 Å². The molecule has 2 aliphatic heterocycles. The van der Waals surface area contributed by atoms with Gasteiger partial charge in [-0.2, -0.15) is 0 Å². The minimum Gasteiger partial charge on any atom is -0.508 e. The quantitative estimate of drug-likeness (QED) is 0.552. The van der Waals surface area contributed by atoms with Crippen LogP contribution >= 0.6 is 11.3 Å². The number of aliphatic hydroxyl groups excluding tert-OH is 1. The van der Waals surface area contributed by atoms with Gasteiger partial charge in [0.05, 0.1) is 21.6 Å². The summed E-state index contributed by atoms with van der Waals surface area (Å²) in [7, 11) is 0. The Labute approximate surface area is 195 Å². The second-order valence-electron chi connectivity index (χ2n) is 10.2. The van der Waals surface area contributed by atoms with Gasteiger partial charge in [-0.25, -0.2) is 0 Å². The standard InChI is InChI=1S/C25H26N2O5S/c28-16-6-5-14-10-17-25(31)11-15(23(30)26-18-2-1-9-33-18)20(29)22-24(25,19(14)21(16)32-22)7-8-27(17)12-13-3-4-13/h1-2,5-6,9,13,17,22,28-29,31H,3-4,7-8,10-12H2,(H,26,30)/t17-,22+,24+,25-/m1/s1. The molecule has 7 rings (SSSR count). The normalized spacial score (nSPS) is 34.1. The number of carbonyl (C=O) groups is 1. The highest BCUT2D eigenvalue weighted by Crippen LogP contribution is 2.66. The first-order chi connectivity index (χ1) is 15.9. The van der Waals surface area contributed by atoms with E-state index in [-0.39, 0.29) is 29.5 Å². The van der Waals surface area contributed by atoms with E-state index >= 15 is 0 Å². The molecule has 1 saturated heterocycles. The van der Waals surface area contributed by atoms with Crippen LogP contribution in [0.3, 0.4) is 0 Å². The first kappa shape index (κ1) is 19.9. The number of hydrogen-bond donors (Lipinski definition) is 4. The van der Waals surface area contributed by atoms with Crippen LogP contribution in [-0.2, 0) is 16.6 Å². The fourth-order valence-corrected chi connectivity index (χ4v) is 7.52. The summed E-state index contributed by atoms with van der Waals surface area (Å²) in [6.45, 7) is 1.74. The second-order valence-corrected chi connectivity index (χ2v) is 11.2. The number of phenols is 1. The van der Waals surface area contributed by atoms with Crippen molar-refractivity contribution in [1.29, 1.82) is 0 Å². The van der Waals surface area contributed by atoms with Crippen molar-refractivity contribution in [3.63, 3.8) is 0 Å². The summed E-state index contributed by atoms with van der Waals surface area (Å²) in [5.41, 5.74) is -0.122. The Morgan fingerprint density at radius 3 is 2.88 bits per heavy atom. The van der Waals surface area contributed by atoms with Crippen molar-refractivity contribution in [2.75, 3.05) is 18.4 Å². The zero-order chi connectivity index (χ0) is 22.5. The number of amides is 1. The molecule has 1 amide bonds. The Balaban J connectivity index is 1.39. The van der Waals surface area contributed by atoms with Crippen molar-refractivity contribution >= 4 is 22.2 Å². The molecule has 0 radical (unpaired) electrons. The van der Waals surface area contributed by atoms with Crippen LogP contribution in [0, 0.1) is 5.92 Å². The van der Waals surface area contributed by atoms with E-state index in [0.717, 1.165) is 24.2 Å². The third-order valence-corrected chi connectivity index (χ3v) is 9.33. The topological polar surface area (TPSA) is 102 Å². The molecule has 4 atom stereocenters. The Hall–Kier alpha value is -2.55. The van der Waals surface area contributed by atoms with Gasteiger partial charge < -0.3 is 25.4 Å². The minimum absolute atomic E-state index is 0.0103. The molecule has 1 saturated carbocycles. The van der Waals surface area contributed by atoms with E-state index in [1.165, 1.54) is 24.2 Å². The van der Waals surface area contributed by atoms with Crippen LogP contribution in [0.15, 0.2) is 41.0 Å². The van der Waals surface area contributed by atoms with Crippen LogP contribution < -0.4 is 10.1 Å². The molecule has 4 N–H and O–H groups in total. The fraction of sp³-hybridized carbons (Fsp3) is 0.480. The first-order valence-corrected chi connectivity index (χ1v) is 12.6. The molecule has 1 spiro atoms. The van der Waals surface area contributed by atoms with E-state index in [1.807, 2.05) is 17.5 Å². The number of benzene rings is 1. The third-order valence-electron chi connectivity index (χ3n) is 8.55. The van der Waals surface area contributed by atoms with Gasteiger partial charge in [0.1, 0.15) is 5.76 Å². The number of thiophene rings is 1. The minimum atomic E-state index is -1.29. The van der Waals surface area contributed by atoms with Gasteiger partial charge in [0.15, 0.2) is 17.6 Å². The number of hydrogen-bond acceptors (Lipinski definition) is 7. The number of nitrogens with zero attached hydrogens (tertiary/aromatic N) is 1. The number of aromatic hydroxyl groups is 1. The molecule has 3 heterocycles. The number of anilines is 1. The van der Waals surface area contributed by atoms with Crippen molar-refractivity contribution in [2.24, 2.45) is 5.92 Å². The Bertz CT molecular complexity index is 1210. The van der Waals surface area contributed by atoms with Crippen LogP contribution in [0.25, 0.3) is 0 Å². The van der Waals surface area contributed by atoms with E-state index in [0.29, 0.717) is 29.5 Å². The lowest BCUT2D eigenvalue weighted by atomic mass is 9.49. The summed E-state index contributed by atoms with van der Waals surface area (Å²) in [4.78, 5) is 15.7. The van der Waals surface area contributed by atoms with E-state index in [1.54, 1.807) is 12.1 Å². The number of piperidine rings is 1. The van der Waals surface area contributed by atoms with Crippen LogP contribution in [0.4, 0.5) is 5.00 Å². The summed E-state index contributed by atoms with van der Waals surface area (Å²) in [6.07, 6.45) is 2.84. The number of aliphatic hydroxyl groups is 2. The van der Waals surface area contributed by atoms with Crippen molar-refractivity contribution in [1.82, 2.24) is 4.90 Å². The van der Waals surface area contributed by atoms with Crippen molar-refractivity contribution in [3.05, 3.63) is 52.1 Å². The smallest absolute Gasteiger partial charge is 0.255 e. The summed E-state index contributed by atoms with van der Waals surface area (Å²) in [5.74, 6) is 0.475. The molecule has 1 aromatic carbocycles. The number of rotatable bonds is 4. The molecule has 7 nitrogen and oxygen atoms in total. The van der Waals surface area contributed by atoms with E-state index in [9.17, 15) is 20.1 Å². The number of nitrogens with one attached hydrogen (secondary N) is 1. The number of carbonyl (C=O) groups excluding carboxylic acids is 1. The van der Waals surface area contributed by atoms with Gasteiger partial charge >= 0.3 is 0 Å². The average Bonchev–Trinajstić information content (AvgIpc) is 3.31. The van der Waals surface area contributed by atoms with Crippen molar-refractivity contribution < 1.29 is 24.9 Å². The van der Waals surface area contributed by atoms with Gasteiger partial charge in [0.25, 0.3) is 5.91 Å². The van der Waals surface area contributed by atoms with Crippen molar-refractivity contribution in [3.8, 4) is 11.5 Å². The maximum atomic E-state index is 13.3. The monoisotopic (exact) mass is 466 g/mol.